The van der Waals surface area contributed by atoms with Crippen LogP contribution >= 0.6 is 21.9 Å². The molecule has 0 fully saturated rings. The van der Waals surface area contributed by atoms with Gasteiger partial charge in [0.15, 0.2) is 11.5 Å². The first-order chi connectivity index (χ1) is 11.0. The SMILES string of the molecule is CCCCC[P+](Br)(Oc1ccc(C)cc1)Oc1ccc(C)cc1. The molecule has 0 radical (unpaired) electrons. The molecule has 0 unspecified atom stereocenters. The van der Waals surface area contributed by atoms with E-state index in [-0.39, 0.29) is 0 Å². The van der Waals surface area contributed by atoms with Gasteiger partial charge in [-0.25, -0.2) is 0 Å². The van der Waals surface area contributed by atoms with Crippen LogP contribution in [-0.2, 0) is 0 Å². The van der Waals surface area contributed by atoms with Crippen LogP contribution in [0.25, 0.3) is 0 Å². The van der Waals surface area contributed by atoms with Crippen molar-refractivity contribution in [1.82, 2.24) is 0 Å². The average Bonchev–Trinajstić information content (AvgIpc) is 2.52. The molecule has 0 saturated heterocycles. The number of benzene rings is 2. The summed E-state index contributed by atoms with van der Waals surface area (Å²) < 4.78 is 12.5. The van der Waals surface area contributed by atoms with Crippen molar-refractivity contribution in [2.24, 2.45) is 0 Å². The lowest BCUT2D eigenvalue weighted by molar-refractivity contribution is 0.480. The van der Waals surface area contributed by atoms with Gasteiger partial charge < -0.3 is 0 Å². The predicted molar refractivity (Wildman–Crippen MR) is 104 cm³/mol. The van der Waals surface area contributed by atoms with E-state index < -0.39 is 6.42 Å². The summed E-state index contributed by atoms with van der Waals surface area (Å²) in [5.41, 5.74) is 2.45. The molecule has 0 N–H and O–H groups in total. The lowest BCUT2D eigenvalue weighted by atomic mass is 10.2. The second kappa shape index (κ2) is 8.70. The van der Waals surface area contributed by atoms with Gasteiger partial charge in [0, 0.05) is 0 Å². The van der Waals surface area contributed by atoms with Gasteiger partial charge in [-0.1, -0.05) is 48.7 Å². The number of hydrogen-bond acceptors (Lipinski definition) is 2. The Bertz CT molecular complexity index is 548. The fourth-order valence-electron chi connectivity index (χ4n) is 2.17. The molecule has 0 spiro atoms. The Morgan fingerprint density at radius 1 is 0.783 bits per heavy atom. The van der Waals surface area contributed by atoms with E-state index in [4.69, 9.17) is 9.05 Å². The molecule has 0 saturated carbocycles. The summed E-state index contributed by atoms with van der Waals surface area (Å²) in [4.78, 5) is 0. The standard InChI is InChI=1S/C19H25BrO2P/c1-4-5-6-15-23(20,21-18-11-7-16(2)8-12-18)22-19-13-9-17(3)10-14-19/h7-14H,4-6,15H2,1-3H3/q+1. The third-order valence-corrected chi connectivity index (χ3v) is 7.30. The minimum atomic E-state index is -2.16. The predicted octanol–water partition coefficient (Wildman–Crippen LogP) is 7.11. The van der Waals surface area contributed by atoms with Crippen LogP contribution < -0.4 is 9.05 Å². The average molecular weight is 396 g/mol. The first-order valence-electron chi connectivity index (χ1n) is 8.11. The summed E-state index contributed by atoms with van der Waals surface area (Å²) in [6.07, 6.45) is 2.19. The Kier molecular flexibility index (Phi) is 6.92. The van der Waals surface area contributed by atoms with E-state index in [1.54, 1.807) is 0 Å². The molecule has 0 bridgehead atoms. The van der Waals surface area contributed by atoms with E-state index >= 15 is 0 Å². The molecule has 2 nitrogen and oxygen atoms in total. The summed E-state index contributed by atoms with van der Waals surface area (Å²) in [6, 6.07) is 16.3. The zero-order valence-corrected chi connectivity index (χ0v) is 16.6. The maximum Gasteiger partial charge on any atom is 0.430 e. The monoisotopic (exact) mass is 395 g/mol. The highest BCUT2D eigenvalue weighted by Crippen LogP contribution is 2.67. The molecule has 0 heterocycles. The number of rotatable bonds is 8. The summed E-state index contributed by atoms with van der Waals surface area (Å²) in [5, 5.41) is 0. The highest BCUT2D eigenvalue weighted by Gasteiger charge is 2.42. The first-order valence-corrected chi connectivity index (χ1v) is 11.9. The van der Waals surface area contributed by atoms with E-state index in [2.05, 4.69) is 60.5 Å². The van der Waals surface area contributed by atoms with Crippen LogP contribution in [0.15, 0.2) is 48.5 Å². The van der Waals surface area contributed by atoms with Gasteiger partial charge >= 0.3 is 6.42 Å². The fraction of sp³-hybridized carbons (Fsp3) is 0.368. The summed E-state index contributed by atoms with van der Waals surface area (Å²) in [5.74, 6) is 1.70. The molecular weight excluding hydrogens is 371 g/mol. The third kappa shape index (κ3) is 6.16. The quantitative estimate of drug-likeness (QED) is 0.350. The maximum atomic E-state index is 6.24. The molecule has 0 aromatic heterocycles. The van der Waals surface area contributed by atoms with Gasteiger partial charge in [0.25, 0.3) is 0 Å². The molecule has 2 aromatic rings. The Balaban J connectivity index is 2.13. The van der Waals surface area contributed by atoms with Crippen LogP contribution in [0.3, 0.4) is 0 Å². The van der Waals surface area contributed by atoms with E-state index in [1.807, 2.05) is 24.3 Å². The third-order valence-electron chi connectivity index (χ3n) is 3.55. The zero-order chi connectivity index (χ0) is 16.7. The van der Waals surface area contributed by atoms with Crippen molar-refractivity contribution in [2.75, 3.05) is 6.16 Å². The summed E-state index contributed by atoms with van der Waals surface area (Å²) >= 11 is 3.79. The smallest absolute Gasteiger partial charge is 0.298 e. The van der Waals surface area contributed by atoms with Crippen molar-refractivity contribution >= 4 is 21.9 Å². The van der Waals surface area contributed by atoms with Crippen molar-refractivity contribution in [1.29, 1.82) is 0 Å². The Morgan fingerprint density at radius 2 is 1.22 bits per heavy atom. The lowest BCUT2D eigenvalue weighted by Crippen LogP contribution is -2.07. The van der Waals surface area contributed by atoms with Crippen LogP contribution in [0.1, 0.15) is 37.3 Å². The minimum Gasteiger partial charge on any atom is -0.298 e. The number of unbranched alkanes of at least 4 members (excludes halogenated alkanes) is 2. The molecule has 124 valence electrons. The van der Waals surface area contributed by atoms with Crippen LogP contribution in [-0.4, -0.2) is 6.16 Å². The highest BCUT2D eigenvalue weighted by atomic mass is 79.9. The Labute approximate surface area is 148 Å². The number of halogens is 1. The molecule has 0 atom stereocenters. The molecule has 0 aliphatic carbocycles. The van der Waals surface area contributed by atoms with Gasteiger partial charge in [-0.05, 0) is 51.0 Å². The number of hydrogen-bond donors (Lipinski definition) is 0. The van der Waals surface area contributed by atoms with E-state index in [9.17, 15) is 0 Å². The van der Waals surface area contributed by atoms with Crippen LogP contribution in [0.2, 0.25) is 0 Å². The maximum absolute atomic E-state index is 6.24. The molecular formula is C19H25BrO2P+. The molecule has 0 aliphatic heterocycles. The lowest BCUT2D eigenvalue weighted by Gasteiger charge is -2.18. The first kappa shape index (κ1) is 18.3. The largest absolute Gasteiger partial charge is 0.430 e. The highest BCUT2D eigenvalue weighted by molar-refractivity contribution is 9.41. The number of aryl methyl sites for hydroxylation is 2. The fourth-order valence-corrected chi connectivity index (χ4v) is 5.62. The van der Waals surface area contributed by atoms with Crippen LogP contribution in [0, 0.1) is 13.8 Å². The molecule has 2 aromatic carbocycles. The molecule has 0 amide bonds. The van der Waals surface area contributed by atoms with Gasteiger partial charge in [0.05, 0.1) is 0 Å². The Hall–Kier alpha value is -1.05. The second-order valence-electron chi connectivity index (χ2n) is 5.83. The molecule has 23 heavy (non-hydrogen) atoms. The van der Waals surface area contributed by atoms with Crippen molar-refractivity contribution in [3.63, 3.8) is 0 Å². The van der Waals surface area contributed by atoms with E-state index in [0.717, 1.165) is 24.1 Å². The minimum absolute atomic E-state index is 0.851. The molecule has 4 heteroatoms. The van der Waals surface area contributed by atoms with Crippen molar-refractivity contribution in [3.05, 3.63) is 59.7 Å². The summed E-state index contributed by atoms with van der Waals surface area (Å²) in [7, 11) is 0. The van der Waals surface area contributed by atoms with Gasteiger partial charge in [-0.15, -0.1) is 0 Å². The van der Waals surface area contributed by atoms with Gasteiger partial charge in [0.2, 0.25) is 15.5 Å². The van der Waals surface area contributed by atoms with Crippen LogP contribution in [0.5, 0.6) is 11.5 Å². The zero-order valence-electron chi connectivity index (χ0n) is 14.1. The topological polar surface area (TPSA) is 18.5 Å². The van der Waals surface area contributed by atoms with Crippen molar-refractivity contribution < 1.29 is 9.05 Å². The Morgan fingerprint density at radius 3 is 1.61 bits per heavy atom. The van der Waals surface area contributed by atoms with E-state index in [0.29, 0.717) is 0 Å². The molecule has 0 aliphatic rings. The normalized spacial score (nSPS) is 11.3. The van der Waals surface area contributed by atoms with E-state index in [1.165, 1.54) is 24.0 Å². The van der Waals surface area contributed by atoms with Crippen molar-refractivity contribution in [3.8, 4) is 11.5 Å². The van der Waals surface area contributed by atoms with Crippen molar-refractivity contribution in [2.45, 2.75) is 40.0 Å². The van der Waals surface area contributed by atoms with Gasteiger partial charge in [-0.2, -0.15) is 0 Å². The van der Waals surface area contributed by atoms with Crippen LogP contribution in [0.4, 0.5) is 0 Å². The second-order valence-corrected chi connectivity index (χ2v) is 11.1. The van der Waals surface area contributed by atoms with Gasteiger partial charge in [-0.3, -0.25) is 9.05 Å². The van der Waals surface area contributed by atoms with Gasteiger partial charge in [0.1, 0.15) is 6.16 Å². The summed E-state index contributed by atoms with van der Waals surface area (Å²) in [6.45, 7) is 6.35. The molecule has 2 rings (SSSR count).